The minimum Gasteiger partial charge on any atom is -0.494 e. The number of hydrogen-bond donors (Lipinski definition) is 2. The highest BCUT2D eigenvalue weighted by Gasteiger charge is 2.59. The largest absolute Gasteiger partial charge is 0.494 e. The van der Waals surface area contributed by atoms with Crippen LogP contribution in [-0.4, -0.2) is 23.4 Å². The molecule has 0 saturated carbocycles. The first-order chi connectivity index (χ1) is 16.4. The molecule has 3 atom stereocenters. The van der Waals surface area contributed by atoms with Gasteiger partial charge in [0.25, 0.3) is 0 Å². The van der Waals surface area contributed by atoms with Gasteiger partial charge < -0.3 is 20.1 Å². The lowest BCUT2D eigenvalue weighted by molar-refractivity contribution is -0.130. The molecule has 34 heavy (non-hydrogen) atoms. The van der Waals surface area contributed by atoms with Crippen molar-refractivity contribution in [3.05, 3.63) is 83.4 Å². The zero-order valence-electron chi connectivity index (χ0n) is 18.7. The number of para-hydroxylation sites is 1. The molecule has 8 heteroatoms. The minimum absolute atomic E-state index is 0.185. The molecule has 0 aromatic heterocycles. The smallest absolute Gasteiger partial charge is 0.236 e. The normalized spacial score (nSPS) is 22.8. The summed E-state index contributed by atoms with van der Waals surface area (Å²) in [6.07, 6.45) is 0. The van der Waals surface area contributed by atoms with E-state index >= 15 is 0 Å². The van der Waals surface area contributed by atoms with Crippen molar-refractivity contribution >= 4 is 46.2 Å². The maximum atomic E-state index is 13.7. The molecule has 0 radical (unpaired) electrons. The molecule has 1 saturated heterocycles. The second-order valence-electron chi connectivity index (χ2n) is 8.36. The average molecular weight is 494 g/mol. The third-order valence-electron chi connectivity index (χ3n) is 6.21. The standard InChI is InChI=1S/C26H24ClN3O3S/c1-3-32-19-14-12-18(13-15-19)30-25(34)29-23-20-6-4-5-7-21(20)33-26(30,2)22(23)24(31)28-17-10-8-16(27)9-11-17/h4-15,22-23H,3H2,1-2H3,(H,28,31)(H,29,34). The van der Waals surface area contributed by atoms with Gasteiger partial charge in [-0.1, -0.05) is 29.8 Å². The predicted octanol–water partition coefficient (Wildman–Crippen LogP) is 5.54. The maximum absolute atomic E-state index is 13.7. The lowest BCUT2D eigenvalue weighted by atomic mass is 9.78. The van der Waals surface area contributed by atoms with Crippen molar-refractivity contribution in [2.75, 3.05) is 16.8 Å². The van der Waals surface area contributed by atoms with E-state index in [0.29, 0.717) is 22.4 Å². The molecule has 2 bridgehead atoms. The van der Waals surface area contributed by atoms with Crippen molar-refractivity contribution in [1.29, 1.82) is 0 Å². The van der Waals surface area contributed by atoms with E-state index in [-0.39, 0.29) is 11.9 Å². The molecule has 0 aliphatic carbocycles. The van der Waals surface area contributed by atoms with E-state index < -0.39 is 11.6 Å². The maximum Gasteiger partial charge on any atom is 0.236 e. The van der Waals surface area contributed by atoms with Gasteiger partial charge in [0.15, 0.2) is 10.8 Å². The number of benzene rings is 3. The molecule has 3 unspecified atom stereocenters. The SMILES string of the molecule is CCOc1ccc(N2C(=S)NC3c4ccccc4OC2(C)C3C(=O)Nc2ccc(Cl)cc2)cc1. The molecule has 6 nitrogen and oxygen atoms in total. The minimum atomic E-state index is -1.08. The van der Waals surface area contributed by atoms with Crippen LogP contribution in [0.1, 0.15) is 25.5 Å². The third-order valence-corrected chi connectivity index (χ3v) is 6.76. The van der Waals surface area contributed by atoms with Crippen LogP contribution < -0.4 is 25.0 Å². The highest BCUT2D eigenvalue weighted by molar-refractivity contribution is 7.80. The molecular formula is C26H24ClN3O3S. The quantitative estimate of drug-likeness (QED) is 0.455. The number of halogens is 1. The second-order valence-corrected chi connectivity index (χ2v) is 9.18. The van der Waals surface area contributed by atoms with E-state index in [1.807, 2.05) is 67.3 Å². The Kier molecular flexibility index (Phi) is 5.83. The van der Waals surface area contributed by atoms with E-state index in [1.54, 1.807) is 24.3 Å². The topological polar surface area (TPSA) is 62.8 Å². The first kappa shape index (κ1) is 22.5. The second kappa shape index (κ2) is 8.81. The Bertz CT molecular complexity index is 1230. The van der Waals surface area contributed by atoms with E-state index in [0.717, 1.165) is 22.7 Å². The molecule has 0 spiro atoms. The Labute approximate surface area is 208 Å². The summed E-state index contributed by atoms with van der Waals surface area (Å²) in [7, 11) is 0. The number of rotatable bonds is 5. The summed E-state index contributed by atoms with van der Waals surface area (Å²) in [6.45, 7) is 4.43. The Morgan fingerprint density at radius 1 is 1.15 bits per heavy atom. The molecule has 2 heterocycles. The Morgan fingerprint density at radius 3 is 2.56 bits per heavy atom. The summed E-state index contributed by atoms with van der Waals surface area (Å²) in [6, 6.07) is 22.0. The summed E-state index contributed by atoms with van der Waals surface area (Å²) >= 11 is 11.8. The van der Waals surface area contributed by atoms with Gasteiger partial charge in [-0.15, -0.1) is 0 Å². The summed E-state index contributed by atoms with van der Waals surface area (Å²) in [5, 5.41) is 7.53. The summed E-state index contributed by atoms with van der Waals surface area (Å²) in [5.41, 5.74) is 1.27. The summed E-state index contributed by atoms with van der Waals surface area (Å²) < 4.78 is 12.2. The highest BCUT2D eigenvalue weighted by Crippen LogP contribution is 2.49. The fourth-order valence-electron chi connectivity index (χ4n) is 4.73. The van der Waals surface area contributed by atoms with Gasteiger partial charge in [-0.3, -0.25) is 9.69 Å². The number of carbonyl (C=O) groups excluding carboxylic acids is 1. The molecule has 1 fully saturated rings. The fourth-order valence-corrected chi connectivity index (χ4v) is 5.27. The van der Waals surface area contributed by atoms with Crippen molar-refractivity contribution in [1.82, 2.24) is 5.32 Å². The Balaban J connectivity index is 1.57. The zero-order valence-corrected chi connectivity index (χ0v) is 20.3. The number of hydrogen-bond acceptors (Lipinski definition) is 4. The number of anilines is 2. The number of ether oxygens (including phenoxy) is 2. The Morgan fingerprint density at radius 2 is 1.85 bits per heavy atom. The van der Waals surface area contributed by atoms with E-state index in [9.17, 15) is 4.79 Å². The lowest BCUT2D eigenvalue weighted by Crippen LogP contribution is -2.72. The van der Waals surface area contributed by atoms with Crippen molar-refractivity contribution < 1.29 is 14.3 Å². The highest BCUT2D eigenvalue weighted by atomic mass is 35.5. The molecule has 2 N–H and O–H groups in total. The van der Waals surface area contributed by atoms with Crippen LogP contribution in [0.3, 0.4) is 0 Å². The van der Waals surface area contributed by atoms with Crippen LogP contribution in [0.5, 0.6) is 11.5 Å². The van der Waals surface area contributed by atoms with Crippen LogP contribution in [-0.2, 0) is 4.79 Å². The van der Waals surface area contributed by atoms with Crippen LogP contribution in [0, 0.1) is 5.92 Å². The molecule has 5 rings (SSSR count). The monoisotopic (exact) mass is 493 g/mol. The van der Waals surface area contributed by atoms with Gasteiger partial charge in [0.05, 0.1) is 12.6 Å². The van der Waals surface area contributed by atoms with Gasteiger partial charge in [-0.05, 0) is 80.7 Å². The van der Waals surface area contributed by atoms with Crippen LogP contribution in [0.25, 0.3) is 0 Å². The van der Waals surface area contributed by atoms with E-state index in [4.69, 9.17) is 33.3 Å². The number of fused-ring (bicyclic) bond motifs is 4. The number of nitrogens with one attached hydrogen (secondary N) is 2. The number of carbonyl (C=O) groups is 1. The van der Waals surface area contributed by atoms with Gasteiger partial charge >= 0.3 is 0 Å². The van der Waals surface area contributed by atoms with Crippen molar-refractivity contribution in [2.24, 2.45) is 5.92 Å². The van der Waals surface area contributed by atoms with Crippen LogP contribution >= 0.6 is 23.8 Å². The summed E-state index contributed by atoms with van der Waals surface area (Å²) in [4.78, 5) is 15.6. The first-order valence-corrected chi connectivity index (χ1v) is 11.9. The molecule has 2 aliphatic heterocycles. The molecule has 1 amide bonds. The van der Waals surface area contributed by atoms with Crippen molar-refractivity contribution in [2.45, 2.75) is 25.6 Å². The van der Waals surface area contributed by atoms with Crippen LogP contribution in [0.2, 0.25) is 5.02 Å². The van der Waals surface area contributed by atoms with Gasteiger partial charge in [0, 0.05) is 22.0 Å². The zero-order chi connectivity index (χ0) is 23.9. The van der Waals surface area contributed by atoms with Crippen molar-refractivity contribution in [3.8, 4) is 11.5 Å². The van der Waals surface area contributed by atoms with Gasteiger partial charge in [-0.25, -0.2) is 0 Å². The number of amides is 1. The fraction of sp³-hybridized carbons (Fsp3) is 0.231. The van der Waals surface area contributed by atoms with Gasteiger partial charge in [0.1, 0.15) is 17.4 Å². The average Bonchev–Trinajstić information content (AvgIpc) is 2.81. The van der Waals surface area contributed by atoms with Crippen LogP contribution in [0.4, 0.5) is 11.4 Å². The molecular weight excluding hydrogens is 470 g/mol. The molecule has 2 aliphatic rings. The number of nitrogens with zero attached hydrogens (tertiary/aromatic N) is 1. The van der Waals surface area contributed by atoms with Crippen LogP contribution in [0.15, 0.2) is 72.8 Å². The molecule has 174 valence electrons. The molecule has 3 aromatic carbocycles. The lowest BCUT2D eigenvalue weighted by Gasteiger charge is -2.56. The predicted molar refractivity (Wildman–Crippen MR) is 138 cm³/mol. The third kappa shape index (κ3) is 3.85. The summed E-state index contributed by atoms with van der Waals surface area (Å²) in [5.74, 6) is 0.681. The van der Waals surface area contributed by atoms with Crippen molar-refractivity contribution in [3.63, 3.8) is 0 Å². The van der Waals surface area contributed by atoms with E-state index in [2.05, 4.69) is 10.6 Å². The Hall–Kier alpha value is -3.29. The van der Waals surface area contributed by atoms with E-state index in [1.165, 1.54) is 0 Å². The first-order valence-electron chi connectivity index (χ1n) is 11.1. The number of thiocarbonyl (C=S) groups is 1. The van der Waals surface area contributed by atoms with Gasteiger partial charge in [-0.2, -0.15) is 0 Å². The van der Waals surface area contributed by atoms with Gasteiger partial charge in [0.2, 0.25) is 5.91 Å². The molecule has 3 aromatic rings.